The Morgan fingerprint density at radius 3 is 2.19 bits per heavy atom. The Morgan fingerprint density at radius 2 is 1.55 bits per heavy atom. The number of para-hydroxylation sites is 1. The molecule has 168 valence electrons. The van der Waals surface area contributed by atoms with Crippen molar-refractivity contribution in [2.45, 2.75) is 70.2 Å². The van der Waals surface area contributed by atoms with E-state index in [9.17, 15) is 13.2 Å². The minimum Gasteiger partial charge on any atom is -0.339 e. The molecule has 6 nitrogen and oxygen atoms in total. The number of carbonyl (C=O) groups excluding carboxylic acids is 1. The Kier molecular flexibility index (Phi) is 6.26. The van der Waals surface area contributed by atoms with Gasteiger partial charge in [-0.25, -0.2) is 8.42 Å². The van der Waals surface area contributed by atoms with Crippen LogP contribution < -0.4 is 0 Å². The fraction of sp³-hybridized carbons (Fsp3) is 0.542. The van der Waals surface area contributed by atoms with Gasteiger partial charge in [0.25, 0.3) is 5.91 Å². The molecule has 0 radical (unpaired) electrons. The molecule has 2 aliphatic heterocycles. The zero-order valence-electron chi connectivity index (χ0n) is 18.8. The van der Waals surface area contributed by atoms with Gasteiger partial charge < -0.3 is 9.47 Å². The lowest BCUT2D eigenvalue weighted by Crippen LogP contribution is -2.43. The van der Waals surface area contributed by atoms with Crippen LogP contribution in [0.5, 0.6) is 0 Å². The first-order valence-corrected chi connectivity index (χ1v) is 12.9. The quantitative estimate of drug-likeness (QED) is 0.708. The number of aromatic nitrogens is 1. The minimum atomic E-state index is -3.80. The van der Waals surface area contributed by atoms with Gasteiger partial charge >= 0.3 is 0 Å². The van der Waals surface area contributed by atoms with E-state index < -0.39 is 10.0 Å². The normalized spacial score (nSPS) is 20.7. The third-order valence-electron chi connectivity index (χ3n) is 6.77. The molecule has 2 aromatic rings. The van der Waals surface area contributed by atoms with Gasteiger partial charge in [0.1, 0.15) is 4.90 Å². The average Bonchev–Trinajstić information content (AvgIpc) is 3.05. The van der Waals surface area contributed by atoms with E-state index in [1.807, 2.05) is 60.6 Å². The van der Waals surface area contributed by atoms with Crippen LogP contribution in [0.1, 0.15) is 67.2 Å². The van der Waals surface area contributed by atoms with Crippen molar-refractivity contribution in [3.05, 3.63) is 47.3 Å². The van der Waals surface area contributed by atoms with Crippen molar-refractivity contribution in [3.8, 4) is 5.69 Å². The fourth-order valence-electron chi connectivity index (χ4n) is 5.14. The van der Waals surface area contributed by atoms with E-state index in [-0.39, 0.29) is 16.8 Å². The predicted octanol–water partition coefficient (Wildman–Crippen LogP) is 4.28. The van der Waals surface area contributed by atoms with Crippen LogP contribution in [0.4, 0.5) is 0 Å². The fourth-order valence-corrected chi connectivity index (χ4v) is 7.28. The summed E-state index contributed by atoms with van der Waals surface area (Å²) in [4.78, 5) is 15.7. The van der Waals surface area contributed by atoms with E-state index in [2.05, 4.69) is 0 Å². The third-order valence-corrected chi connectivity index (χ3v) is 8.94. The van der Waals surface area contributed by atoms with Gasteiger partial charge in [-0.2, -0.15) is 4.31 Å². The molecule has 2 saturated heterocycles. The van der Waals surface area contributed by atoms with Gasteiger partial charge in [-0.15, -0.1) is 0 Å². The van der Waals surface area contributed by atoms with E-state index in [4.69, 9.17) is 0 Å². The highest BCUT2D eigenvalue weighted by Crippen LogP contribution is 2.35. The Balaban J connectivity index is 1.91. The van der Waals surface area contributed by atoms with Crippen LogP contribution in [0.25, 0.3) is 5.69 Å². The summed E-state index contributed by atoms with van der Waals surface area (Å²) in [5, 5.41) is 0. The summed E-state index contributed by atoms with van der Waals surface area (Å²) in [6, 6.07) is 9.65. The first-order valence-electron chi connectivity index (χ1n) is 11.4. The van der Waals surface area contributed by atoms with Gasteiger partial charge in [0.05, 0.1) is 5.56 Å². The maximum atomic E-state index is 14.0. The van der Waals surface area contributed by atoms with Crippen molar-refractivity contribution in [1.82, 2.24) is 13.8 Å². The summed E-state index contributed by atoms with van der Waals surface area (Å²) in [5.74, 6) is -0.154. The number of piperidine rings is 2. The summed E-state index contributed by atoms with van der Waals surface area (Å²) >= 11 is 0. The molecule has 2 fully saturated rings. The van der Waals surface area contributed by atoms with Crippen molar-refractivity contribution in [3.63, 3.8) is 0 Å². The largest absolute Gasteiger partial charge is 0.339 e. The van der Waals surface area contributed by atoms with Crippen molar-refractivity contribution < 1.29 is 13.2 Å². The third kappa shape index (κ3) is 3.94. The molecule has 2 aliphatic rings. The minimum absolute atomic E-state index is 0.0588. The molecule has 0 aliphatic carbocycles. The van der Waals surface area contributed by atoms with Crippen molar-refractivity contribution in [1.29, 1.82) is 0 Å². The molecule has 1 aromatic heterocycles. The van der Waals surface area contributed by atoms with Crippen LogP contribution in [0.3, 0.4) is 0 Å². The molecule has 0 N–H and O–H groups in total. The molecule has 1 atom stereocenters. The monoisotopic (exact) mass is 443 g/mol. The van der Waals surface area contributed by atoms with Crippen LogP contribution in [0.15, 0.2) is 35.2 Å². The highest BCUT2D eigenvalue weighted by atomic mass is 32.2. The Hall–Kier alpha value is -2.12. The first-order chi connectivity index (χ1) is 14.8. The zero-order valence-corrected chi connectivity index (χ0v) is 19.6. The summed E-state index contributed by atoms with van der Waals surface area (Å²) in [6.07, 6.45) is 5.80. The molecular formula is C24H33N3O3S. The van der Waals surface area contributed by atoms with E-state index in [0.717, 1.165) is 44.2 Å². The highest BCUT2D eigenvalue weighted by Gasteiger charge is 2.39. The second kappa shape index (κ2) is 8.79. The number of likely N-dealkylation sites (tertiary alicyclic amines) is 1. The number of hydrogen-bond donors (Lipinski definition) is 0. The summed E-state index contributed by atoms with van der Waals surface area (Å²) in [5.41, 5.74) is 2.53. The lowest BCUT2D eigenvalue weighted by molar-refractivity contribution is 0.0719. The molecule has 1 amide bonds. The molecule has 1 aromatic carbocycles. The number of benzene rings is 1. The second-order valence-corrected chi connectivity index (χ2v) is 10.7. The molecule has 4 rings (SSSR count). The van der Waals surface area contributed by atoms with E-state index in [1.54, 1.807) is 4.31 Å². The van der Waals surface area contributed by atoms with E-state index in [0.29, 0.717) is 36.6 Å². The molecule has 31 heavy (non-hydrogen) atoms. The maximum absolute atomic E-state index is 14.0. The van der Waals surface area contributed by atoms with E-state index in [1.165, 1.54) is 0 Å². The van der Waals surface area contributed by atoms with Gasteiger partial charge in [-0.1, -0.05) is 24.6 Å². The number of sulfonamides is 1. The molecule has 0 spiro atoms. The van der Waals surface area contributed by atoms with Crippen molar-refractivity contribution in [2.24, 2.45) is 0 Å². The number of amides is 1. The van der Waals surface area contributed by atoms with Crippen LogP contribution in [-0.2, 0) is 10.0 Å². The zero-order chi connectivity index (χ0) is 22.2. The molecule has 0 bridgehead atoms. The first kappa shape index (κ1) is 22.1. The van der Waals surface area contributed by atoms with E-state index >= 15 is 0 Å². The predicted molar refractivity (Wildman–Crippen MR) is 122 cm³/mol. The lowest BCUT2D eigenvalue weighted by atomic mass is 10.1. The van der Waals surface area contributed by atoms with Crippen LogP contribution in [-0.4, -0.2) is 53.8 Å². The van der Waals surface area contributed by atoms with Crippen LogP contribution in [0, 0.1) is 13.8 Å². The number of hydrogen-bond acceptors (Lipinski definition) is 3. The number of nitrogens with zero attached hydrogens (tertiary/aromatic N) is 3. The smallest absolute Gasteiger partial charge is 0.257 e. The maximum Gasteiger partial charge on any atom is 0.257 e. The summed E-state index contributed by atoms with van der Waals surface area (Å²) in [6.45, 7) is 7.56. The summed E-state index contributed by atoms with van der Waals surface area (Å²) < 4.78 is 31.5. The molecule has 7 heteroatoms. The van der Waals surface area contributed by atoms with Crippen LogP contribution in [0.2, 0.25) is 0 Å². The number of rotatable bonds is 4. The van der Waals surface area contributed by atoms with Crippen molar-refractivity contribution in [2.75, 3.05) is 19.6 Å². The molecule has 3 heterocycles. The molecule has 1 unspecified atom stereocenters. The molecular weight excluding hydrogens is 410 g/mol. The topological polar surface area (TPSA) is 62.6 Å². The van der Waals surface area contributed by atoms with Gasteiger partial charge in [0.15, 0.2) is 0 Å². The van der Waals surface area contributed by atoms with Gasteiger partial charge in [-0.3, -0.25) is 4.79 Å². The van der Waals surface area contributed by atoms with Gasteiger partial charge in [-0.05, 0) is 65.0 Å². The van der Waals surface area contributed by atoms with Gasteiger partial charge in [0.2, 0.25) is 10.0 Å². The Labute approximate surface area is 185 Å². The standard InChI is InChI=1S/C24H33N3O3S/c1-18-12-8-11-17-26(18)31(29,30)23-20(3)27(21-13-6-4-7-14-21)19(2)22(23)24(28)25-15-9-5-10-16-25/h4,6-7,13-14,18H,5,8-12,15-17H2,1-3H3. The Bertz CT molecular complexity index is 1050. The van der Waals surface area contributed by atoms with Crippen molar-refractivity contribution >= 4 is 15.9 Å². The summed E-state index contributed by atoms with van der Waals surface area (Å²) in [7, 11) is -3.80. The van der Waals surface area contributed by atoms with Crippen LogP contribution >= 0.6 is 0 Å². The average molecular weight is 444 g/mol. The molecule has 0 saturated carbocycles. The number of carbonyl (C=O) groups is 1. The lowest BCUT2D eigenvalue weighted by Gasteiger charge is -2.33. The SMILES string of the molecule is Cc1c(C(=O)N2CCCCC2)c(S(=O)(=O)N2CCCCC2C)c(C)n1-c1ccccc1. The highest BCUT2D eigenvalue weighted by molar-refractivity contribution is 7.89. The van der Waals surface area contributed by atoms with Gasteiger partial charge in [0, 0.05) is 42.8 Å². The second-order valence-electron chi connectivity index (χ2n) is 8.86. The Morgan fingerprint density at radius 1 is 0.903 bits per heavy atom.